The number of aryl methyl sites for hydroxylation is 2. The van der Waals surface area contributed by atoms with Crippen molar-refractivity contribution in [1.82, 2.24) is 9.78 Å². The molecular weight excluding hydrogens is 352 g/mol. The van der Waals surface area contributed by atoms with Crippen molar-refractivity contribution in [2.24, 2.45) is 0 Å². The zero-order valence-electron chi connectivity index (χ0n) is 15.4. The fourth-order valence-electron chi connectivity index (χ4n) is 2.95. The standard InChI is InChI=1S/C20H19F2N3O2/c1-11-9-15(27-4)6-7-17(11)23-20(26)19-12(2)24-25(13(19)3)18-8-5-14(21)10-16(18)22/h5-10H,1-4H3,(H,23,26). The number of hydrogen-bond donors (Lipinski definition) is 1. The van der Waals surface area contributed by atoms with E-state index in [2.05, 4.69) is 10.4 Å². The van der Waals surface area contributed by atoms with Gasteiger partial charge in [0.15, 0.2) is 5.82 Å². The molecule has 3 rings (SSSR count). The highest BCUT2D eigenvalue weighted by Crippen LogP contribution is 2.24. The van der Waals surface area contributed by atoms with Crippen LogP contribution in [0.1, 0.15) is 27.3 Å². The summed E-state index contributed by atoms with van der Waals surface area (Å²) in [6.07, 6.45) is 0. The second kappa shape index (κ2) is 7.19. The Morgan fingerprint density at radius 1 is 1.11 bits per heavy atom. The molecule has 0 radical (unpaired) electrons. The van der Waals surface area contributed by atoms with E-state index in [4.69, 9.17) is 4.74 Å². The number of benzene rings is 2. The highest BCUT2D eigenvalue weighted by molar-refractivity contribution is 6.06. The van der Waals surface area contributed by atoms with Crippen LogP contribution in [0.2, 0.25) is 0 Å². The minimum Gasteiger partial charge on any atom is -0.497 e. The maximum atomic E-state index is 14.1. The molecule has 2 aromatic carbocycles. The van der Waals surface area contributed by atoms with Crippen LogP contribution >= 0.6 is 0 Å². The van der Waals surface area contributed by atoms with Crippen LogP contribution in [0.15, 0.2) is 36.4 Å². The van der Waals surface area contributed by atoms with Gasteiger partial charge < -0.3 is 10.1 Å². The molecule has 27 heavy (non-hydrogen) atoms. The van der Waals surface area contributed by atoms with Crippen molar-refractivity contribution in [3.63, 3.8) is 0 Å². The molecular formula is C20H19F2N3O2. The van der Waals surface area contributed by atoms with E-state index in [0.717, 1.165) is 17.7 Å². The topological polar surface area (TPSA) is 56.1 Å². The van der Waals surface area contributed by atoms with Crippen LogP contribution in [-0.2, 0) is 0 Å². The summed E-state index contributed by atoms with van der Waals surface area (Å²) in [5.41, 5.74) is 2.81. The van der Waals surface area contributed by atoms with Gasteiger partial charge >= 0.3 is 0 Å². The van der Waals surface area contributed by atoms with Crippen LogP contribution < -0.4 is 10.1 Å². The van der Waals surface area contributed by atoms with Crippen molar-refractivity contribution >= 4 is 11.6 Å². The summed E-state index contributed by atoms with van der Waals surface area (Å²) in [5.74, 6) is -1.09. The number of halogens is 2. The zero-order valence-corrected chi connectivity index (χ0v) is 15.4. The summed E-state index contributed by atoms with van der Waals surface area (Å²) >= 11 is 0. The second-order valence-corrected chi connectivity index (χ2v) is 6.19. The Labute approximate surface area is 155 Å². The van der Waals surface area contributed by atoms with Crippen LogP contribution in [0.4, 0.5) is 14.5 Å². The number of rotatable bonds is 4. The van der Waals surface area contributed by atoms with Gasteiger partial charge in [0.1, 0.15) is 17.3 Å². The minimum atomic E-state index is -0.751. The van der Waals surface area contributed by atoms with Crippen molar-refractivity contribution in [1.29, 1.82) is 0 Å². The molecule has 0 bridgehead atoms. The van der Waals surface area contributed by atoms with Crippen LogP contribution in [0.25, 0.3) is 5.69 Å². The Bertz CT molecular complexity index is 1030. The van der Waals surface area contributed by atoms with E-state index in [0.29, 0.717) is 28.4 Å². The number of anilines is 1. The third kappa shape index (κ3) is 3.53. The third-order valence-corrected chi connectivity index (χ3v) is 4.34. The van der Waals surface area contributed by atoms with Gasteiger partial charge in [-0.15, -0.1) is 0 Å². The maximum absolute atomic E-state index is 14.1. The van der Waals surface area contributed by atoms with Crippen LogP contribution in [0.3, 0.4) is 0 Å². The molecule has 0 aliphatic heterocycles. The van der Waals surface area contributed by atoms with Crippen LogP contribution in [0.5, 0.6) is 5.75 Å². The predicted molar refractivity (Wildman–Crippen MR) is 98.6 cm³/mol. The number of ether oxygens (including phenoxy) is 1. The van der Waals surface area contributed by atoms with E-state index in [-0.39, 0.29) is 11.6 Å². The molecule has 0 saturated carbocycles. The molecule has 0 atom stereocenters. The quantitative estimate of drug-likeness (QED) is 0.742. The lowest BCUT2D eigenvalue weighted by molar-refractivity contribution is 0.102. The van der Waals surface area contributed by atoms with E-state index in [9.17, 15) is 13.6 Å². The van der Waals surface area contributed by atoms with Gasteiger partial charge in [0.05, 0.1) is 24.1 Å². The Hall–Kier alpha value is -3.22. The van der Waals surface area contributed by atoms with E-state index in [1.807, 2.05) is 13.0 Å². The molecule has 0 unspecified atom stereocenters. The first-order chi connectivity index (χ1) is 12.8. The number of hydrogen-bond acceptors (Lipinski definition) is 3. The van der Waals surface area contributed by atoms with E-state index >= 15 is 0 Å². The predicted octanol–water partition coefficient (Wildman–Crippen LogP) is 4.34. The van der Waals surface area contributed by atoms with Gasteiger partial charge in [-0.25, -0.2) is 13.5 Å². The number of methoxy groups -OCH3 is 1. The minimum absolute atomic E-state index is 0.0803. The first-order valence-corrected chi connectivity index (χ1v) is 8.29. The Balaban J connectivity index is 1.95. The monoisotopic (exact) mass is 371 g/mol. The summed E-state index contributed by atoms with van der Waals surface area (Å²) in [6.45, 7) is 5.19. The highest BCUT2D eigenvalue weighted by atomic mass is 19.1. The van der Waals surface area contributed by atoms with Gasteiger partial charge in [0, 0.05) is 11.8 Å². The largest absolute Gasteiger partial charge is 0.497 e. The van der Waals surface area contributed by atoms with E-state index in [1.165, 1.54) is 10.7 Å². The number of aromatic nitrogens is 2. The van der Waals surface area contributed by atoms with Crippen LogP contribution in [-0.4, -0.2) is 22.8 Å². The molecule has 1 N–H and O–H groups in total. The number of nitrogens with one attached hydrogen (secondary N) is 1. The fraction of sp³-hybridized carbons (Fsp3) is 0.200. The first kappa shape index (κ1) is 18.6. The van der Waals surface area contributed by atoms with Gasteiger partial charge in [-0.3, -0.25) is 4.79 Å². The molecule has 3 aromatic rings. The van der Waals surface area contributed by atoms with Crippen LogP contribution in [0, 0.1) is 32.4 Å². The Morgan fingerprint density at radius 2 is 1.85 bits per heavy atom. The lowest BCUT2D eigenvalue weighted by atomic mass is 10.1. The molecule has 5 nitrogen and oxygen atoms in total. The SMILES string of the molecule is COc1ccc(NC(=O)c2c(C)nn(-c3ccc(F)cc3F)c2C)c(C)c1. The van der Waals surface area contributed by atoms with Gasteiger partial charge in [-0.1, -0.05) is 0 Å². The van der Waals surface area contributed by atoms with Crippen molar-refractivity contribution in [2.45, 2.75) is 20.8 Å². The van der Waals surface area contributed by atoms with Crippen molar-refractivity contribution < 1.29 is 18.3 Å². The van der Waals surface area contributed by atoms with E-state index < -0.39 is 11.6 Å². The van der Waals surface area contributed by atoms with Gasteiger partial charge in [-0.05, 0) is 56.7 Å². The average molecular weight is 371 g/mol. The van der Waals surface area contributed by atoms with Crippen molar-refractivity contribution in [3.05, 3.63) is 70.5 Å². The number of carbonyl (C=O) groups is 1. The molecule has 0 fully saturated rings. The van der Waals surface area contributed by atoms with E-state index in [1.54, 1.807) is 33.1 Å². The average Bonchev–Trinajstić information content (AvgIpc) is 2.91. The lowest BCUT2D eigenvalue weighted by Gasteiger charge is -2.10. The molecule has 1 amide bonds. The molecule has 0 aliphatic rings. The molecule has 7 heteroatoms. The Kier molecular flexibility index (Phi) is 4.94. The number of amides is 1. The lowest BCUT2D eigenvalue weighted by Crippen LogP contribution is -2.15. The molecule has 0 aliphatic carbocycles. The maximum Gasteiger partial charge on any atom is 0.259 e. The molecule has 1 heterocycles. The molecule has 1 aromatic heterocycles. The third-order valence-electron chi connectivity index (χ3n) is 4.34. The zero-order chi connectivity index (χ0) is 19.7. The molecule has 0 spiro atoms. The first-order valence-electron chi connectivity index (χ1n) is 8.29. The summed E-state index contributed by atoms with van der Waals surface area (Å²) in [5, 5.41) is 7.10. The van der Waals surface area contributed by atoms with Gasteiger partial charge in [0.25, 0.3) is 5.91 Å². The Morgan fingerprint density at radius 3 is 2.48 bits per heavy atom. The smallest absolute Gasteiger partial charge is 0.259 e. The molecule has 140 valence electrons. The summed E-state index contributed by atoms with van der Waals surface area (Å²) in [7, 11) is 1.57. The van der Waals surface area contributed by atoms with Crippen molar-refractivity contribution in [3.8, 4) is 11.4 Å². The normalized spacial score (nSPS) is 10.7. The van der Waals surface area contributed by atoms with Gasteiger partial charge in [0.2, 0.25) is 0 Å². The summed E-state index contributed by atoms with van der Waals surface area (Å²) < 4.78 is 33.8. The molecule has 0 saturated heterocycles. The summed E-state index contributed by atoms with van der Waals surface area (Å²) in [6, 6.07) is 8.54. The second-order valence-electron chi connectivity index (χ2n) is 6.19. The number of carbonyl (C=O) groups excluding carboxylic acids is 1. The fourth-order valence-corrected chi connectivity index (χ4v) is 2.95. The van der Waals surface area contributed by atoms with Gasteiger partial charge in [-0.2, -0.15) is 5.10 Å². The highest BCUT2D eigenvalue weighted by Gasteiger charge is 2.21. The number of nitrogens with zero attached hydrogens (tertiary/aromatic N) is 2. The van der Waals surface area contributed by atoms with Crippen molar-refractivity contribution in [2.75, 3.05) is 12.4 Å². The summed E-state index contributed by atoms with van der Waals surface area (Å²) in [4.78, 5) is 12.8.